The van der Waals surface area contributed by atoms with Crippen molar-refractivity contribution in [3.63, 3.8) is 0 Å². The van der Waals surface area contributed by atoms with Crippen molar-refractivity contribution in [2.45, 2.75) is 6.54 Å². The minimum Gasteiger partial charge on any atom is -0.322 e. The molecular formula is C19H14FN5O2. The molecule has 1 amide bonds. The zero-order valence-corrected chi connectivity index (χ0v) is 14.0. The van der Waals surface area contributed by atoms with Crippen molar-refractivity contribution >= 4 is 17.1 Å². The van der Waals surface area contributed by atoms with Crippen LogP contribution in [-0.4, -0.2) is 25.3 Å². The second-order valence-electron chi connectivity index (χ2n) is 5.85. The fraction of sp³-hybridized carbons (Fsp3) is 0.0526. The van der Waals surface area contributed by atoms with Crippen LogP contribution in [0, 0.1) is 5.82 Å². The molecule has 0 aliphatic carbocycles. The molecule has 1 N–H and O–H groups in total. The molecule has 7 nitrogen and oxygen atoms in total. The first-order valence-corrected chi connectivity index (χ1v) is 8.17. The van der Waals surface area contributed by atoms with E-state index in [1.54, 1.807) is 12.1 Å². The normalized spacial score (nSPS) is 10.9. The highest BCUT2D eigenvalue weighted by Gasteiger charge is 2.13. The predicted octanol–water partition coefficient (Wildman–Crippen LogP) is 2.34. The fourth-order valence-corrected chi connectivity index (χ4v) is 2.69. The summed E-state index contributed by atoms with van der Waals surface area (Å²) in [6.45, 7) is -0.338. The number of halogens is 1. The van der Waals surface area contributed by atoms with Gasteiger partial charge in [-0.2, -0.15) is 10.2 Å². The Hall–Kier alpha value is -3.81. The topological polar surface area (TPSA) is 81.3 Å². The number of hydrogen-bond donors (Lipinski definition) is 1. The van der Waals surface area contributed by atoms with Crippen molar-refractivity contribution in [2.24, 2.45) is 0 Å². The molecule has 0 atom stereocenters. The van der Waals surface area contributed by atoms with E-state index in [-0.39, 0.29) is 12.2 Å². The van der Waals surface area contributed by atoms with Gasteiger partial charge in [0.15, 0.2) is 0 Å². The maximum absolute atomic E-state index is 13.6. The van der Waals surface area contributed by atoms with Gasteiger partial charge in [-0.05, 0) is 18.2 Å². The van der Waals surface area contributed by atoms with Crippen LogP contribution in [0.4, 0.5) is 10.1 Å². The van der Waals surface area contributed by atoms with E-state index < -0.39 is 17.3 Å². The number of fused-ring (bicyclic) bond motifs is 1. The zero-order chi connectivity index (χ0) is 18.8. The summed E-state index contributed by atoms with van der Waals surface area (Å²) in [5.41, 5.74) is 1.37. The lowest BCUT2D eigenvalue weighted by Gasteiger charge is -2.07. The third-order valence-corrected chi connectivity index (χ3v) is 4.00. The molecule has 4 aromatic rings. The Morgan fingerprint density at radius 1 is 1.07 bits per heavy atom. The molecule has 27 heavy (non-hydrogen) atoms. The number of aromatic nitrogens is 4. The molecule has 0 saturated heterocycles. The Labute approximate surface area is 152 Å². The van der Waals surface area contributed by atoms with Crippen LogP contribution < -0.4 is 10.9 Å². The van der Waals surface area contributed by atoms with Crippen molar-refractivity contribution in [1.82, 2.24) is 19.4 Å². The summed E-state index contributed by atoms with van der Waals surface area (Å²) in [4.78, 5) is 24.8. The van der Waals surface area contributed by atoms with Crippen LogP contribution in [0.15, 0.2) is 71.8 Å². The third-order valence-electron chi connectivity index (χ3n) is 4.00. The summed E-state index contributed by atoms with van der Waals surface area (Å²) in [6.07, 6.45) is 1.36. The number of carbonyl (C=O) groups excluding carboxylic acids is 1. The maximum Gasteiger partial charge on any atom is 0.293 e. The molecule has 0 spiro atoms. The third kappa shape index (κ3) is 3.32. The van der Waals surface area contributed by atoms with E-state index in [0.29, 0.717) is 11.2 Å². The van der Waals surface area contributed by atoms with Gasteiger partial charge >= 0.3 is 0 Å². The Morgan fingerprint density at radius 3 is 2.59 bits per heavy atom. The van der Waals surface area contributed by atoms with Crippen LogP contribution in [0.2, 0.25) is 0 Å². The van der Waals surface area contributed by atoms with Gasteiger partial charge in [-0.25, -0.2) is 13.6 Å². The molecule has 4 rings (SSSR count). The quantitative estimate of drug-likeness (QED) is 0.603. The van der Waals surface area contributed by atoms with Crippen molar-refractivity contribution in [3.05, 3.63) is 83.2 Å². The largest absolute Gasteiger partial charge is 0.322 e. The van der Waals surface area contributed by atoms with E-state index in [9.17, 15) is 14.0 Å². The summed E-state index contributed by atoms with van der Waals surface area (Å²) >= 11 is 0. The van der Waals surface area contributed by atoms with Gasteiger partial charge in [-0.1, -0.05) is 42.5 Å². The number of amides is 1. The van der Waals surface area contributed by atoms with Gasteiger partial charge in [-0.15, -0.1) is 0 Å². The van der Waals surface area contributed by atoms with Gasteiger partial charge in [0, 0.05) is 5.56 Å². The number of nitrogens with zero attached hydrogens (tertiary/aromatic N) is 4. The molecule has 0 fully saturated rings. The molecule has 0 aliphatic heterocycles. The summed E-state index contributed by atoms with van der Waals surface area (Å²) in [6, 6.07) is 16.9. The molecule has 134 valence electrons. The van der Waals surface area contributed by atoms with Crippen molar-refractivity contribution < 1.29 is 9.18 Å². The van der Waals surface area contributed by atoms with Crippen molar-refractivity contribution in [3.8, 4) is 11.3 Å². The highest BCUT2D eigenvalue weighted by molar-refractivity contribution is 5.90. The van der Waals surface area contributed by atoms with E-state index in [0.717, 1.165) is 10.2 Å². The summed E-state index contributed by atoms with van der Waals surface area (Å²) in [5.74, 6) is -1.10. The van der Waals surface area contributed by atoms with Gasteiger partial charge in [0.1, 0.15) is 24.2 Å². The van der Waals surface area contributed by atoms with Gasteiger partial charge in [0.05, 0.1) is 11.4 Å². The lowest BCUT2D eigenvalue weighted by molar-refractivity contribution is -0.117. The van der Waals surface area contributed by atoms with Crippen LogP contribution in [0.3, 0.4) is 0 Å². The molecule has 2 aromatic carbocycles. The Balaban J connectivity index is 1.61. The van der Waals surface area contributed by atoms with Crippen LogP contribution in [-0.2, 0) is 11.3 Å². The maximum atomic E-state index is 13.6. The molecule has 0 aliphatic rings. The van der Waals surface area contributed by atoms with Gasteiger partial charge in [0.2, 0.25) is 5.91 Å². The fourth-order valence-electron chi connectivity index (χ4n) is 2.69. The van der Waals surface area contributed by atoms with E-state index in [1.807, 2.05) is 30.3 Å². The van der Waals surface area contributed by atoms with E-state index >= 15 is 0 Å². The first-order chi connectivity index (χ1) is 13.1. The molecule has 0 bridgehead atoms. The van der Waals surface area contributed by atoms with Gasteiger partial charge in [0.25, 0.3) is 5.56 Å². The highest BCUT2D eigenvalue weighted by atomic mass is 19.1. The van der Waals surface area contributed by atoms with Gasteiger partial charge < -0.3 is 5.32 Å². The van der Waals surface area contributed by atoms with Crippen LogP contribution in [0.25, 0.3) is 16.8 Å². The predicted molar refractivity (Wildman–Crippen MR) is 97.7 cm³/mol. The monoisotopic (exact) mass is 363 g/mol. The van der Waals surface area contributed by atoms with Crippen LogP contribution in [0.5, 0.6) is 0 Å². The molecule has 8 heteroatoms. The lowest BCUT2D eigenvalue weighted by Crippen LogP contribution is -2.30. The summed E-state index contributed by atoms with van der Waals surface area (Å²) in [5, 5.41) is 10.7. The van der Waals surface area contributed by atoms with E-state index in [1.165, 1.54) is 29.0 Å². The number of carbonyl (C=O) groups is 1. The Kier molecular flexibility index (Phi) is 4.21. The number of hydrogen-bond acceptors (Lipinski definition) is 4. The number of anilines is 1. The zero-order valence-electron chi connectivity index (χ0n) is 14.0. The van der Waals surface area contributed by atoms with Crippen molar-refractivity contribution in [2.75, 3.05) is 5.32 Å². The Morgan fingerprint density at radius 2 is 1.81 bits per heavy atom. The lowest BCUT2D eigenvalue weighted by atomic mass is 10.1. The second kappa shape index (κ2) is 6.83. The molecular weight excluding hydrogens is 349 g/mol. The number of para-hydroxylation sites is 1. The SMILES string of the molecule is O=C(Cn1ncn2nc(-c3ccccc3)cc2c1=O)Nc1ccccc1F. The molecule has 2 aromatic heterocycles. The molecule has 2 heterocycles. The Bertz CT molecular complexity index is 1180. The average Bonchev–Trinajstić information content (AvgIpc) is 3.12. The smallest absolute Gasteiger partial charge is 0.293 e. The highest BCUT2D eigenvalue weighted by Crippen LogP contribution is 2.17. The van der Waals surface area contributed by atoms with E-state index in [4.69, 9.17) is 0 Å². The van der Waals surface area contributed by atoms with E-state index in [2.05, 4.69) is 15.5 Å². The van der Waals surface area contributed by atoms with Crippen LogP contribution in [0.1, 0.15) is 0 Å². The number of rotatable bonds is 4. The average molecular weight is 363 g/mol. The first-order valence-electron chi connectivity index (χ1n) is 8.17. The molecule has 0 saturated carbocycles. The first kappa shape index (κ1) is 16.6. The van der Waals surface area contributed by atoms with Crippen LogP contribution >= 0.6 is 0 Å². The molecule has 0 unspecified atom stereocenters. The molecule has 0 radical (unpaired) electrons. The van der Waals surface area contributed by atoms with Crippen molar-refractivity contribution in [1.29, 1.82) is 0 Å². The standard InChI is InChI=1S/C19H14FN5O2/c20-14-8-4-5-9-15(14)22-18(26)11-24-19(27)17-10-16(23-25(17)12-21-24)13-6-2-1-3-7-13/h1-10,12H,11H2,(H,22,26). The number of nitrogens with one attached hydrogen (secondary N) is 1. The minimum absolute atomic E-state index is 0.0485. The minimum atomic E-state index is -0.554. The second-order valence-corrected chi connectivity index (χ2v) is 5.85. The number of benzene rings is 2. The summed E-state index contributed by atoms with van der Waals surface area (Å²) in [7, 11) is 0. The van der Waals surface area contributed by atoms with Gasteiger partial charge in [-0.3, -0.25) is 9.59 Å². The summed E-state index contributed by atoms with van der Waals surface area (Å²) < 4.78 is 16.0.